The first kappa shape index (κ1) is 16.3. The summed E-state index contributed by atoms with van der Waals surface area (Å²) in [6.45, 7) is 2.78. The summed E-state index contributed by atoms with van der Waals surface area (Å²) in [5, 5.41) is 9.05. The van der Waals surface area contributed by atoms with Gasteiger partial charge >= 0.3 is 5.97 Å². The highest BCUT2D eigenvalue weighted by Gasteiger charge is 2.34. The van der Waals surface area contributed by atoms with Gasteiger partial charge in [-0.15, -0.1) is 11.8 Å². The predicted molar refractivity (Wildman–Crippen MR) is 76.9 cm³/mol. The van der Waals surface area contributed by atoms with Crippen LogP contribution in [-0.2, 0) is 9.59 Å². The number of amides is 1. The van der Waals surface area contributed by atoms with Crippen LogP contribution in [0.2, 0.25) is 0 Å². The molecule has 0 aromatic heterocycles. The Balaban J connectivity index is 2.43. The highest BCUT2D eigenvalue weighted by atomic mass is 32.2. The number of carbonyl (C=O) groups is 2. The molecule has 1 aliphatic rings. The van der Waals surface area contributed by atoms with Gasteiger partial charge in [0.15, 0.2) is 0 Å². The van der Waals surface area contributed by atoms with Crippen molar-refractivity contribution in [2.24, 2.45) is 11.7 Å². The van der Waals surface area contributed by atoms with E-state index in [0.29, 0.717) is 30.5 Å². The first-order chi connectivity index (χ1) is 9.10. The van der Waals surface area contributed by atoms with E-state index in [2.05, 4.69) is 6.92 Å². The van der Waals surface area contributed by atoms with Gasteiger partial charge in [-0.2, -0.15) is 0 Å². The number of carboxylic acid groups (broad SMARTS) is 1. The van der Waals surface area contributed by atoms with Gasteiger partial charge in [0, 0.05) is 12.2 Å². The summed E-state index contributed by atoms with van der Waals surface area (Å²) in [6.07, 6.45) is 4.38. The third kappa shape index (κ3) is 5.03. The summed E-state index contributed by atoms with van der Waals surface area (Å²) in [5.41, 5.74) is 5.57. The zero-order chi connectivity index (χ0) is 14.3. The van der Waals surface area contributed by atoms with Crippen LogP contribution < -0.4 is 5.73 Å². The van der Waals surface area contributed by atoms with Crippen molar-refractivity contribution < 1.29 is 14.7 Å². The van der Waals surface area contributed by atoms with Crippen molar-refractivity contribution in [3.05, 3.63) is 0 Å². The Bertz CT molecular complexity index is 306. The summed E-state index contributed by atoms with van der Waals surface area (Å²) in [7, 11) is 0. The second-order valence-corrected chi connectivity index (χ2v) is 5.99. The molecule has 1 amide bonds. The number of hydrogen-bond donors (Lipinski definition) is 2. The molecule has 1 rings (SSSR count). The number of carboxylic acids is 1. The van der Waals surface area contributed by atoms with Crippen molar-refractivity contribution >= 4 is 23.6 Å². The molecule has 1 saturated heterocycles. The van der Waals surface area contributed by atoms with Crippen LogP contribution in [0, 0.1) is 5.92 Å². The van der Waals surface area contributed by atoms with Gasteiger partial charge in [0.25, 0.3) is 0 Å². The summed E-state index contributed by atoms with van der Waals surface area (Å²) < 4.78 is 0. The minimum Gasteiger partial charge on any atom is -0.480 e. The van der Waals surface area contributed by atoms with Crippen molar-refractivity contribution in [1.82, 2.24) is 4.90 Å². The SMILES string of the molecule is CCCC(CCN)CCC(=O)N1CSCC1C(=O)O. The highest BCUT2D eigenvalue weighted by molar-refractivity contribution is 7.99. The molecule has 5 nitrogen and oxygen atoms in total. The smallest absolute Gasteiger partial charge is 0.327 e. The fraction of sp³-hybridized carbons (Fsp3) is 0.846. The van der Waals surface area contributed by atoms with E-state index in [-0.39, 0.29) is 5.91 Å². The third-order valence-electron chi connectivity index (χ3n) is 3.53. The molecule has 1 fully saturated rings. The zero-order valence-corrected chi connectivity index (χ0v) is 12.3. The van der Waals surface area contributed by atoms with Crippen LogP contribution in [0.1, 0.15) is 39.0 Å². The third-order valence-corrected chi connectivity index (χ3v) is 4.54. The van der Waals surface area contributed by atoms with Crippen molar-refractivity contribution in [3.63, 3.8) is 0 Å². The second kappa shape index (κ2) is 8.43. The predicted octanol–water partition coefficient (Wildman–Crippen LogP) is 1.52. The zero-order valence-electron chi connectivity index (χ0n) is 11.5. The van der Waals surface area contributed by atoms with Crippen LogP contribution in [0.25, 0.3) is 0 Å². The summed E-state index contributed by atoms with van der Waals surface area (Å²) in [4.78, 5) is 24.6. The van der Waals surface area contributed by atoms with Gasteiger partial charge in [-0.1, -0.05) is 19.8 Å². The van der Waals surface area contributed by atoms with Gasteiger partial charge in [0.05, 0.1) is 5.88 Å². The van der Waals surface area contributed by atoms with Gasteiger partial charge in [-0.25, -0.2) is 4.79 Å². The van der Waals surface area contributed by atoms with E-state index >= 15 is 0 Å². The molecule has 0 aliphatic carbocycles. The number of thioether (sulfide) groups is 1. The van der Waals surface area contributed by atoms with Crippen LogP contribution in [0.3, 0.4) is 0 Å². The first-order valence-corrected chi connectivity index (χ1v) is 8.05. The topological polar surface area (TPSA) is 83.6 Å². The molecular weight excluding hydrogens is 264 g/mol. The van der Waals surface area contributed by atoms with Crippen LogP contribution in [0.4, 0.5) is 0 Å². The van der Waals surface area contributed by atoms with Gasteiger partial charge in [0.2, 0.25) is 5.91 Å². The lowest BCUT2D eigenvalue weighted by Crippen LogP contribution is -2.41. The number of hydrogen-bond acceptors (Lipinski definition) is 4. The van der Waals surface area contributed by atoms with Crippen molar-refractivity contribution in [3.8, 4) is 0 Å². The van der Waals surface area contributed by atoms with E-state index in [1.54, 1.807) is 0 Å². The average molecular weight is 288 g/mol. The molecule has 1 heterocycles. The Kier molecular flexibility index (Phi) is 7.23. The molecule has 0 aromatic rings. The lowest BCUT2D eigenvalue weighted by molar-refractivity contribution is -0.147. The van der Waals surface area contributed by atoms with Gasteiger partial charge in [-0.05, 0) is 25.3 Å². The molecule has 0 radical (unpaired) electrons. The van der Waals surface area contributed by atoms with Gasteiger partial charge in [-0.3, -0.25) is 4.79 Å². The summed E-state index contributed by atoms with van der Waals surface area (Å²) >= 11 is 1.51. The maximum atomic E-state index is 12.1. The van der Waals surface area contributed by atoms with Crippen LogP contribution in [0.5, 0.6) is 0 Å². The fourth-order valence-corrected chi connectivity index (χ4v) is 3.61. The molecule has 2 unspecified atom stereocenters. The Morgan fingerprint density at radius 1 is 1.42 bits per heavy atom. The molecule has 0 bridgehead atoms. The largest absolute Gasteiger partial charge is 0.480 e. The number of nitrogens with zero attached hydrogens (tertiary/aromatic N) is 1. The van der Waals surface area contributed by atoms with Crippen LogP contribution >= 0.6 is 11.8 Å². The molecule has 3 N–H and O–H groups in total. The van der Waals surface area contributed by atoms with Gasteiger partial charge in [0.1, 0.15) is 6.04 Å². The normalized spacial score (nSPS) is 20.5. The number of rotatable bonds is 8. The Morgan fingerprint density at radius 3 is 2.74 bits per heavy atom. The molecule has 0 spiro atoms. The van der Waals surface area contributed by atoms with E-state index in [4.69, 9.17) is 10.8 Å². The minimum atomic E-state index is -0.898. The van der Waals surface area contributed by atoms with Crippen LogP contribution in [0.15, 0.2) is 0 Å². The molecule has 2 atom stereocenters. The van der Waals surface area contributed by atoms with E-state index < -0.39 is 12.0 Å². The van der Waals surface area contributed by atoms with E-state index in [0.717, 1.165) is 25.7 Å². The Morgan fingerprint density at radius 2 is 2.16 bits per heavy atom. The second-order valence-electron chi connectivity index (χ2n) is 4.99. The van der Waals surface area contributed by atoms with Crippen molar-refractivity contribution in [2.45, 2.75) is 45.1 Å². The average Bonchev–Trinajstić information content (AvgIpc) is 2.85. The van der Waals surface area contributed by atoms with Crippen molar-refractivity contribution in [1.29, 1.82) is 0 Å². The summed E-state index contributed by atoms with van der Waals surface area (Å²) in [5.74, 6) is 0.561. The monoisotopic (exact) mass is 288 g/mol. The number of nitrogens with two attached hydrogens (primary N) is 1. The van der Waals surface area contributed by atoms with Crippen LogP contribution in [-0.4, -0.2) is 46.1 Å². The quantitative estimate of drug-likeness (QED) is 0.707. The Hall–Kier alpha value is -0.750. The van der Waals surface area contributed by atoms with Crippen molar-refractivity contribution in [2.75, 3.05) is 18.2 Å². The van der Waals surface area contributed by atoms with E-state index in [1.165, 1.54) is 16.7 Å². The molecule has 0 aromatic carbocycles. The summed E-state index contributed by atoms with van der Waals surface area (Å²) in [6, 6.07) is -0.642. The molecular formula is C13H24N2O3S. The van der Waals surface area contributed by atoms with E-state index in [1.807, 2.05) is 0 Å². The fourth-order valence-electron chi connectivity index (χ4n) is 2.44. The Labute approximate surface area is 118 Å². The molecule has 1 aliphatic heterocycles. The number of aliphatic carboxylic acids is 1. The maximum Gasteiger partial charge on any atom is 0.327 e. The molecule has 19 heavy (non-hydrogen) atoms. The van der Waals surface area contributed by atoms with Gasteiger partial charge < -0.3 is 15.7 Å². The number of carbonyl (C=O) groups excluding carboxylic acids is 1. The minimum absolute atomic E-state index is 0.0319. The molecule has 6 heteroatoms. The lowest BCUT2D eigenvalue weighted by Gasteiger charge is -2.22. The molecule has 0 saturated carbocycles. The maximum absolute atomic E-state index is 12.1. The molecule has 110 valence electrons. The van der Waals surface area contributed by atoms with E-state index in [9.17, 15) is 9.59 Å². The highest BCUT2D eigenvalue weighted by Crippen LogP contribution is 2.24. The lowest BCUT2D eigenvalue weighted by atomic mass is 9.94. The standard InChI is InChI=1S/C13H24N2O3S/c1-2-3-10(6-7-14)4-5-12(16)15-9-19-8-11(15)13(17)18/h10-11H,2-9,14H2,1H3,(H,17,18). The first-order valence-electron chi connectivity index (χ1n) is 6.90.